The Kier molecular flexibility index (Phi) is 6.56. The van der Waals surface area contributed by atoms with Gasteiger partial charge in [-0.05, 0) is 99.3 Å². The first kappa shape index (κ1) is 30.7. The monoisotopic (exact) mass is 683 g/mol. The third-order valence-electron chi connectivity index (χ3n) is 12.9. The number of nitrogens with zero attached hydrogens (tertiary/aromatic N) is 1. The molecule has 53 heavy (non-hydrogen) atoms. The largest absolute Gasteiger partial charge is 0.456 e. The molecule has 1 saturated carbocycles. The summed E-state index contributed by atoms with van der Waals surface area (Å²) in [7, 11) is 0. The van der Waals surface area contributed by atoms with Gasteiger partial charge in [-0.2, -0.15) is 0 Å². The molecule has 2 heteroatoms. The van der Waals surface area contributed by atoms with Gasteiger partial charge in [-0.1, -0.05) is 148 Å². The highest BCUT2D eigenvalue weighted by Crippen LogP contribution is 2.58. The Morgan fingerprint density at radius 1 is 0.472 bits per heavy atom. The standard InChI is InChI=1S/C51H41NO/c1-50(2)41-22-8-4-17-35(41)38-20-14-21-39(49(38)50)37-18-6-10-24-44(37)52(45-25-15-27-47-48(45)40-19-7-11-26-46(40)53-47)33-28-29-36-34-16-5-9-23-42(34)51(43(36)32-33)30-12-3-13-31-51/h4-11,14-29,32H,3,12-13,30-31H2,1-2H3. The molecule has 1 aromatic heterocycles. The molecule has 1 heterocycles. The normalized spacial score (nSPS) is 16.0. The van der Waals surface area contributed by atoms with Crippen molar-refractivity contribution in [1.29, 1.82) is 0 Å². The summed E-state index contributed by atoms with van der Waals surface area (Å²) in [6, 6.07) is 56.5. The molecule has 0 radical (unpaired) electrons. The Bertz CT molecular complexity index is 2760. The molecular formula is C51H41NO. The van der Waals surface area contributed by atoms with Crippen molar-refractivity contribution in [3.8, 4) is 33.4 Å². The molecule has 0 aliphatic heterocycles. The van der Waals surface area contributed by atoms with Crippen LogP contribution in [0.1, 0.15) is 68.2 Å². The smallest absolute Gasteiger partial charge is 0.137 e. The van der Waals surface area contributed by atoms with Crippen molar-refractivity contribution >= 4 is 39.0 Å². The molecule has 11 rings (SSSR count). The number of para-hydroxylation sites is 2. The number of hydrogen-bond acceptors (Lipinski definition) is 2. The highest BCUT2D eigenvalue weighted by molar-refractivity contribution is 6.14. The van der Waals surface area contributed by atoms with Crippen molar-refractivity contribution < 1.29 is 4.42 Å². The molecule has 0 unspecified atom stereocenters. The van der Waals surface area contributed by atoms with E-state index in [1.807, 2.05) is 0 Å². The van der Waals surface area contributed by atoms with Gasteiger partial charge in [0.2, 0.25) is 0 Å². The van der Waals surface area contributed by atoms with Crippen molar-refractivity contribution in [1.82, 2.24) is 0 Å². The van der Waals surface area contributed by atoms with E-state index in [-0.39, 0.29) is 10.8 Å². The first-order valence-electron chi connectivity index (χ1n) is 19.3. The summed E-state index contributed by atoms with van der Waals surface area (Å²) >= 11 is 0. The zero-order valence-corrected chi connectivity index (χ0v) is 30.3. The number of benzene rings is 7. The van der Waals surface area contributed by atoms with E-state index in [9.17, 15) is 0 Å². The van der Waals surface area contributed by atoms with E-state index < -0.39 is 0 Å². The molecule has 1 spiro atoms. The van der Waals surface area contributed by atoms with Crippen molar-refractivity contribution in [2.24, 2.45) is 0 Å². The van der Waals surface area contributed by atoms with Crippen LogP contribution in [0.4, 0.5) is 17.1 Å². The van der Waals surface area contributed by atoms with Gasteiger partial charge in [-0.15, -0.1) is 0 Å². The SMILES string of the molecule is CC1(C)c2ccccc2-c2cccc(-c3ccccc3N(c3ccc4c(c3)C3(CCCCC3)c3ccccc3-4)c3cccc4oc5ccccc5c34)c21. The number of furan rings is 1. The second kappa shape index (κ2) is 11.3. The molecule has 256 valence electrons. The van der Waals surface area contributed by atoms with Crippen LogP contribution in [0, 0.1) is 0 Å². The van der Waals surface area contributed by atoms with E-state index in [2.05, 4.69) is 170 Å². The quantitative estimate of drug-likeness (QED) is 0.184. The van der Waals surface area contributed by atoms with Gasteiger partial charge in [0, 0.05) is 27.5 Å². The first-order valence-corrected chi connectivity index (χ1v) is 19.3. The maximum absolute atomic E-state index is 6.53. The highest BCUT2D eigenvalue weighted by Gasteiger charge is 2.44. The number of fused-ring (bicyclic) bond motifs is 11. The fraction of sp³-hybridized carbons (Fsp3) is 0.176. The van der Waals surface area contributed by atoms with Gasteiger partial charge in [-0.25, -0.2) is 0 Å². The second-order valence-corrected chi connectivity index (χ2v) is 15.9. The van der Waals surface area contributed by atoms with Crippen molar-refractivity contribution in [2.45, 2.75) is 56.8 Å². The number of rotatable bonds is 4. The van der Waals surface area contributed by atoms with Crippen LogP contribution in [0.25, 0.3) is 55.3 Å². The van der Waals surface area contributed by atoms with E-state index in [4.69, 9.17) is 4.42 Å². The summed E-state index contributed by atoms with van der Waals surface area (Å²) in [4.78, 5) is 2.54. The van der Waals surface area contributed by atoms with Crippen molar-refractivity contribution in [3.05, 3.63) is 174 Å². The lowest BCUT2D eigenvalue weighted by Gasteiger charge is -2.37. The lowest BCUT2D eigenvalue weighted by molar-refractivity contribution is 0.353. The minimum absolute atomic E-state index is 0.0514. The molecule has 3 aliphatic carbocycles. The maximum Gasteiger partial charge on any atom is 0.137 e. The zero-order valence-electron chi connectivity index (χ0n) is 30.3. The molecule has 0 bridgehead atoms. The number of hydrogen-bond donors (Lipinski definition) is 0. The summed E-state index contributed by atoms with van der Waals surface area (Å²) in [5.41, 5.74) is 19.0. The Hall–Kier alpha value is -5.86. The Morgan fingerprint density at radius 3 is 1.89 bits per heavy atom. The Balaban J connectivity index is 1.20. The van der Waals surface area contributed by atoms with Crippen LogP contribution in [-0.4, -0.2) is 0 Å². The maximum atomic E-state index is 6.53. The van der Waals surface area contributed by atoms with E-state index in [0.29, 0.717) is 0 Å². The molecular weight excluding hydrogens is 643 g/mol. The molecule has 8 aromatic rings. The van der Waals surface area contributed by atoms with Crippen molar-refractivity contribution in [2.75, 3.05) is 4.90 Å². The Labute approximate surface area is 311 Å². The minimum Gasteiger partial charge on any atom is -0.456 e. The van der Waals surface area contributed by atoms with Crippen molar-refractivity contribution in [3.63, 3.8) is 0 Å². The molecule has 0 amide bonds. The van der Waals surface area contributed by atoms with Gasteiger partial charge in [0.15, 0.2) is 0 Å². The molecule has 0 atom stereocenters. The molecule has 1 fully saturated rings. The summed E-state index contributed by atoms with van der Waals surface area (Å²) in [6.45, 7) is 4.78. The Morgan fingerprint density at radius 2 is 1.06 bits per heavy atom. The minimum atomic E-state index is -0.145. The lowest BCUT2D eigenvalue weighted by Crippen LogP contribution is -2.28. The van der Waals surface area contributed by atoms with E-state index in [1.165, 1.54) is 99.1 Å². The third-order valence-corrected chi connectivity index (χ3v) is 12.9. The van der Waals surface area contributed by atoms with E-state index >= 15 is 0 Å². The van der Waals surface area contributed by atoms with Crippen LogP contribution in [0.2, 0.25) is 0 Å². The van der Waals surface area contributed by atoms with Gasteiger partial charge in [0.25, 0.3) is 0 Å². The fourth-order valence-electron chi connectivity index (χ4n) is 10.6. The summed E-state index contributed by atoms with van der Waals surface area (Å²) in [5, 5.41) is 2.27. The summed E-state index contributed by atoms with van der Waals surface area (Å²) < 4.78 is 6.53. The van der Waals surface area contributed by atoms with Gasteiger partial charge in [-0.3, -0.25) is 0 Å². The van der Waals surface area contributed by atoms with Gasteiger partial charge >= 0.3 is 0 Å². The molecule has 7 aromatic carbocycles. The van der Waals surface area contributed by atoms with Gasteiger partial charge in [0.1, 0.15) is 11.2 Å². The fourth-order valence-corrected chi connectivity index (χ4v) is 10.6. The van der Waals surface area contributed by atoms with Crippen LogP contribution in [-0.2, 0) is 10.8 Å². The van der Waals surface area contributed by atoms with Crippen LogP contribution in [0.3, 0.4) is 0 Å². The molecule has 2 nitrogen and oxygen atoms in total. The van der Waals surface area contributed by atoms with Crippen LogP contribution in [0.15, 0.2) is 156 Å². The molecule has 0 N–H and O–H groups in total. The van der Waals surface area contributed by atoms with Crippen LogP contribution in [0.5, 0.6) is 0 Å². The second-order valence-electron chi connectivity index (χ2n) is 15.9. The topological polar surface area (TPSA) is 16.4 Å². The van der Waals surface area contributed by atoms with E-state index in [0.717, 1.165) is 27.6 Å². The zero-order chi connectivity index (χ0) is 35.3. The summed E-state index contributed by atoms with van der Waals surface area (Å²) in [6.07, 6.45) is 6.25. The average Bonchev–Trinajstić information content (AvgIpc) is 3.80. The molecule has 0 saturated heterocycles. The first-order chi connectivity index (χ1) is 26.0. The third kappa shape index (κ3) is 4.27. The van der Waals surface area contributed by atoms with Crippen LogP contribution >= 0.6 is 0 Å². The predicted octanol–water partition coefficient (Wildman–Crippen LogP) is 14.3. The van der Waals surface area contributed by atoms with Gasteiger partial charge < -0.3 is 9.32 Å². The molecule has 3 aliphatic rings. The summed E-state index contributed by atoms with van der Waals surface area (Å²) in [5.74, 6) is 0. The number of anilines is 3. The highest BCUT2D eigenvalue weighted by atomic mass is 16.3. The van der Waals surface area contributed by atoms with Gasteiger partial charge in [0.05, 0.1) is 16.8 Å². The average molecular weight is 684 g/mol. The lowest BCUT2D eigenvalue weighted by atomic mass is 9.68. The predicted molar refractivity (Wildman–Crippen MR) is 221 cm³/mol. The van der Waals surface area contributed by atoms with E-state index in [1.54, 1.807) is 0 Å². The van der Waals surface area contributed by atoms with Crippen LogP contribution < -0.4 is 4.90 Å².